The van der Waals surface area contributed by atoms with Crippen molar-refractivity contribution in [1.29, 1.82) is 0 Å². The van der Waals surface area contributed by atoms with Gasteiger partial charge in [-0.1, -0.05) is 25.1 Å². The number of nitrogens with one attached hydrogen (secondary N) is 1. The Morgan fingerprint density at radius 1 is 1.26 bits per heavy atom. The summed E-state index contributed by atoms with van der Waals surface area (Å²) in [5.41, 5.74) is 6.78. The molecule has 3 rings (SSSR count). The molecule has 2 heterocycles. The van der Waals surface area contributed by atoms with E-state index in [1.54, 1.807) is 11.3 Å². The Morgan fingerprint density at radius 2 is 2.11 bits per heavy atom. The van der Waals surface area contributed by atoms with E-state index in [1.807, 2.05) is 0 Å². The smallest absolute Gasteiger partial charge is 0.0725 e. The first-order valence-corrected chi connectivity index (χ1v) is 7.69. The maximum absolute atomic E-state index is 5.51. The Morgan fingerprint density at radius 3 is 2.84 bits per heavy atom. The Hall–Kier alpha value is -1.16. The molecule has 0 fully saturated rings. The standard InChI is InChI=1S/C16H19NOS/c1-3-17-16(15-10-19-9-11(15)2)12-4-5-13-7-18-8-14(13)6-12/h4-6,9-10,16-17H,3,7-8H2,1-2H3. The number of hydrogen-bond acceptors (Lipinski definition) is 3. The Kier molecular flexibility index (Phi) is 3.69. The third kappa shape index (κ3) is 2.46. The first-order chi connectivity index (χ1) is 9.29. The van der Waals surface area contributed by atoms with Crippen LogP contribution in [0.4, 0.5) is 0 Å². The fourth-order valence-corrected chi connectivity index (χ4v) is 3.53. The minimum absolute atomic E-state index is 0.294. The van der Waals surface area contributed by atoms with E-state index in [4.69, 9.17) is 4.74 Å². The van der Waals surface area contributed by atoms with Crippen LogP contribution in [0.25, 0.3) is 0 Å². The van der Waals surface area contributed by atoms with Gasteiger partial charge >= 0.3 is 0 Å². The number of aryl methyl sites for hydroxylation is 1. The number of hydrogen-bond donors (Lipinski definition) is 1. The van der Waals surface area contributed by atoms with Crippen LogP contribution < -0.4 is 5.32 Å². The molecule has 1 N–H and O–H groups in total. The van der Waals surface area contributed by atoms with Crippen molar-refractivity contribution in [2.24, 2.45) is 0 Å². The van der Waals surface area contributed by atoms with Crippen LogP contribution in [0.15, 0.2) is 29.0 Å². The Labute approximate surface area is 118 Å². The van der Waals surface area contributed by atoms with E-state index in [9.17, 15) is 0 Å². The molecule has 1 unspecified atom stereocenters. The summed E-state index contributed by atoms with van der Waals surface area (Å²) in [4.78, 5) is 0. The normalized spacial score (nSPS) is 15.5. The van der Waals surface area contributed by atoms with E-state index in [2.05, 4.69) is 48.1 Å². The molecular formula is C16H19NOS. The van der Waals surface area contributed by atoms with Crippen LogP contribution in [0, 0.1) is 6.92 Å². The number of ether oxygens (including phenoxy) is 1. The van der Waals surface area contributed by atoms with Crippen LogP contribution in [-0.4, -0.2) is 6.54 Å². The average molecular weight is 273 g/mol. The highest BCUT2D eigenvalue weighted by molar-refractivity contribution is 7.08. The van der Waals surface area contributed by atoms with Crippen LogP contribution >= 0.6 is 11.3 Å². The maximum Gasteiger partial charge on any atom is 0.0725 e. The van der Waals surface area contributed by atoms with Crippen LogP contribution in [0.3, 0.4) is 0 Å². The number of rotatable bonds is 4. The molecule has 1 aliphatic heterocycles. The fourth-order valence-electron chi connectivity index (χ4n) is 2.65. The van der Waals surface area contributed by atoms with Crippen molar-refractivity contribution in [3.05, 3.63) is 56.8 Å². The van der Waals surface area contributed by atoms with Gasteiger partial charge in [0.15, 0.2) is 0 Å². The van der Waals surface area contributed by atoms with Crippen molar-refractivity contribution in [3.8, 4) is 0 Å². The fraction of sp³-hybridized carbons (Fsp3) is 0.375. The third-order valence-electron chi connectivity index (χ3n) is 3.69. The molecule has 0 saturated carbocycles. The molecule has 0 saturated heterocycles. The van der Waals surface area contributed by atoms with Crippen molar-refractivity contribution < 1.29 is 4.74 Å². The van der Waals surface area contributed by atoms with Gasteiger partial charge in [-0.3, -0.25) is 0 Å². The molecule has 1 aromatic heterocycles. The largest absolute Gasteiger partial charge is 0.372 e. The quantitative estimate of drug-likeness (QED) is 0.915. The number of fused-ring (bicyclic) bond motifs is 1. The van der Waals surface area contributed by atoms with Gasteiger partial charge in [0.1, 0.15) is 0 Å². The summed E-state index contributed by atoms with van der Waals surface area (Å²) in [5.74, 6) is 0. The van der Waals surface area contributed by atoms with Gasteiger partial charge in [-0.05, 0) is 52.0 Å². The molecule has 0 amide bonds. The van der Waals surface area contributed by atoms with Gasteiger partial charge in [-0.25, -0.2) is 0 Å². The summed E-state index contributed by atoms with van der Waals surface area (Å²) in [6.45, 7) is 6.83. The summed E-state index contributed by atoms with van der Waals surface area (Å²) < 4.78 is 5.51. The zero-order valence-electron chi connectivity index (χ0n) is 11.4. The minimum atomic E-state index is 0.294. The van der Waals surface area contributed by atoms with E-state index >= 15 is 0 Å². The summed E-state index contributed by atoms with van der Waals surface area (Å²) in [6.07, 6.45) is 0. The van der Waals surface area contributed by atoms with Crippen molar-refractivity contribution in [2.45, 2.75) is 33.1 Å². The van der Waals surface area contributed by atoms with Crippen molar-refractivity contribution in [3.63, 3.8) is 0 Å². The highest BCUT2D eigenvalue weighted by Gasteiger charge is 2.19. The van der Waals surface area contributed by atoms with Crippen LogP contribution in [0.5, 0.6) is 0 Å². The van der Waals surface area contributed by atoms with Gasteiger partial charge in [0, 0.05) is 0 Å². The predicted molar refractivity (Wildman–Crippen MR) is 79.5 cm³/mol. The van der Waals surface area contributed by atoms with E-state index in [0.29, 0.717) is 6.04 Å². The second kappa shape index (κ2) is 5.45. The van der Waals surface area contributed by atoms with E-state index < -0.39 is 0 Å². The van der Waals surface area contributed by atoms with Gasteiger partial charge in [-0.15, -0.1) is 0 Å². The predicted octanol–water partition coefficient (Wildman–Crippen LogP) is 3.79. The molecule has 0 radical (unpaired) electrons. The first kappa shape index (κ1) is 12.9. The molecule has 100 valence electrons. The van der Waals surface area contributed by atoms with Gasteiger partial charge in [0.25, 0.3) is 0 Å². The lowest BCUT2D eigenvalue weighted by atomic mass is 9.95. The molecule has 0 bridgehead atoms. The van der Waals surface area contributed by atoms with Gasteiger partial charge in [-0.2, -0.15) is 11.3 Å². The zero-order chi connectivity index (χ0) is 13.2. The number of thiophene rings is 1. The topological polar surface area (TPSA) is 21.3 Å². The second-order valence-electron chi connectivity index (χ2n) is 5.02. The molecule has 2 nitrogen and oxygen atoms in total. The second-order valence-corrected chi connectivity index (χ2v) is 5.77. The van der Waals surface area contributed by atoms with Crippen molar-refractivity contribution in [2.75, 3.05) is 6.54 Å². The van der Waals surface area contributed by atoms with Crippen LogP contribution in [0.2, 0.25) is 0 Å². The van der Waals surface area contributed by atoms with E-state index in [-0.39, 0.29) is 0 Å². The average Bonchev–Trinajstić information content (AvgIpc) is 3.03. The lowest BCUT2D eigenvalue weighted by molar-refractivity contribution is 0.134. The van der Waals surface area contributed by atoms with E-state index in [1.165, 1.54) is 27.8 Å². The maximum atomic E-state index is 5.51. The van der Waals surface area contributed by atoms with Gasteiger partial charge in [0.05, 0.1) is 19.3 Å². The van der Waals surface area contributed by atoms with Gasteiger partial charge < -0.3 is 10.1 Å². The lowest BCUT2D eigenvalue weighted by Crippen LogP contribution is -2.22. The summed E-state index contributed by atoms with van der Waals surface area (Å²) in [5, 5.41) is 8.07. The summed E-state index contributed by atoms with van der Waals surface area (Å²) >= 11 is 1.78. The number of benzene rings is 1. The SMILES string of the molecule is CCNC(c1ccc2c(c1)COC2)c1cscc1C. The minimum Gasteiger partial charge on any atom is -0.372 e. The zero-order valence-corrected chi connectivity index (χ0v) is 12.2. The summed E-state index contributed by atoms with van der Waals surface area (Å²) in [6, 6.07) is 7.04. The summed E-state index contributed by atoms with van der Waals surface area (Å²) in [7, 11) is 0. The van der Waals surface area contributed by atoms with Crippen LogP contribution in [0.1, 0.15) is 40.8 Å². The molecule has 19 heavy (non-hydrogen) atoms. The van der Waals surface area contributed by atoms with Gasteiger partial charge in [0.2, 0.25) is 0 Å². The highest BCUT2D eigenvalue weighted by Crippen LogP contribution is 2.30. The molecule has 1 aromatic carbocycles. The molecule has 3 heteroatoms. The molecule has 1 aliphatic rings. The monoisotopic (exact) mass is 273 g/mol. The van der Waals surface area contributed by atoms with Crippen molar-refractivity contribution >= 4 is 11.3 Å². The molecule has 0 spiro atoms. The Balaban J connectivity index is 1.98. The molecule has 0 aliphatic carbocycles. The lowest BCUT2D eigenvalue weighted by Gasteiger charge is -2.19. The molecular weight excluding hydrogens is 254 g/mol. The molecule has 2 aromatic rings. The van der Waals surface area contributed by atoms with Crippen molar-refractivity contribution in [1.82, 2.24) is 5.32 Å². The van der Waals surface area contributed by atoms with E-state index in [0.717, 1.165) is 19.8 Å². The third-order valence-corrected chi connectivity index (χ3v) is 4.57. The molecule has 1 atom stereocenters. The van der Waals surface area contributed by atoms with Crippen LogP contribution in [-0.2, 0) is 18.0 Å². The highest BCUT2D eigenvalue weighted by atomic mass is 32.1. The first-order valence-electron chi connectivity index (χ1n) is 6.75. The Bertz CT molecular complexity index is 576.